The van der Waals surface area contributed by atoms with E-state index in [4.69, 9.17) is 4.74 Å². The summed E-state index contributed by atoms with van der Waals surface area (Å²) >= 11 is 0. The van der Waals surface area contributed by atoms with E-state index < -0.39 is 36.8 Å². The highest BCUT2D eigenvalue weighted by Crippen LogP contribution is 2.30. The van der Waals surface area contributed by atoms with Crippen molar-refractivity contribution in [2.45, 2.75) is 36.6 Å². The van der Waals surface area contributed by atoms with E-state index in [2.05, 4.69) is 0 Å². The second-order valence-electron chi connectivity index (χ2n) is 4.85. The Kier molecular flexibility index (Phi) is 4.19. The molecule has 0 radical (unpaired) electrons. The molecule has 1 fully saturated rings. The summed E-state index contributed by atoms with van der Waals surface area (Å²) in [5.74, 6) is 0. The van der Waals surface area contributed by atoms with E-state index in [-0.39, 0.29) is 6.42 Å². The molecule has 19 heavy (non-hydrogen) atoms. The maximum absolute atomic E-state index is 10.4. The summed E-state index contributed by atoms with van der Waals surface area (Å²) in [7, 11) is 0. The first-order chi connectivity index (χ1) is 8.98. The van der Waals surface area contributed by atoms with Crippen molar-refractivity contribution in [2.24, 2.45) is 0 Å². The Morgan fingerprint density at radius 2 is 1.68 bits per heavy atom. The van der Waals surface area contributed by atoms with Crippen LogP contribution in [0.1, 0.15) is 5.56 Å². The van der Waals surface area contributed by atoms with Gasteiger partial charge in [0.25, 0.3) is 0 Å². The molecule has 106 valence electrons. The van der Waals surface area contributed by atoms with Crippen LogP contribution < -0.4 is 0 Å². The molecule has 1 heterocycles. The van der Waals surface area contributed by atoms with Gasteiger partial charge in [0.05, 0.1) is 6.61 Å². The molecular formula is C13H18O6. The van der Waals surface area contributed by atoms with E-state index in [0.717, 1.165) is 5.56 Å². The summed E-state index contributed by atoms with van der Waals surface area (Å²) in [4.78, 5) is 0. The Bertz CT molecular complexity index is 411. The van der Waals surface area contributed by atoms with Crippen LogP contribution in [0, 0.1) is 0 Å². The molecule has 1 aromatic rings. The van der Waals surface area contributed by atoms with Crippen LogP contribution >= 0.6 is 0 Å². The average molecular weight is 270 g/mol. The lowest BCUT2D eigenvalue weighted by atomic mass is 9.86. The Morgan fingerprint density at radius 3 is 2.16 bits per heavy atom. The molecule has 1 unspecified atom stereocenters. The fourth-order valence-electron chi connectivity index (χ4n) is 2.30. The molecule has 5 N–H and O–H groups in total. The molecule has 1 aliphatic heterocycles. The van der Waals surface area contributed by atoms with Crippen LogP contribution in [0.3, 0.4) is 0 Å². The molecule has 1 saturated heterocycles. The highest BCUT2D eigenvalue weighted by atomic mass is 16.7. The summed E-state index contributed by atoms with van der Waals surface area (Å²) in [6.45, 7) is -0.664. The van der Waals surface area contributed by atoms with Crippen LogP contribution in [0.2, 0.25) is 0 Å². The van der Waals surface area contributed by atoms with E-state index >= 15 is 0 Å². The van der Waals surface area contributed by atoms with Crippen molar-refractivity contribution in [3.05, 3.63) is 35.9 Å². The second-order valence-corrected chi connectivity index (χ2v) is 4.85. The minimum Gasteiger partial charge on any atom is -0.393 e. The average Bonchev–Trinajstić information content (AvgIpc) is 2.68. The van der Waals surface area contributed by atoms with Crippen LogP contribution in [0.5, 0.6) is 0 Å². The van der Waals surface area contributed by atoms with Gasteiger partial charge in [-0.15, -0.1) is 0 Å². The highest BCUT2D eigenvalue weighted by Gasteiger charge is 2.52. The lowest BCUT2D eigenvalue weighted by Crippen LogP contribution is -2.53. The highest BCUT2D eigenvalue weighted by molar-refractivity contribution is 5.18. The van der Waals surface area contributed by atoms with Gasteiger partial charge in [-0.1, -0.05) is 30.3 Å². The van der Waals surface area contributed by atoms with Gasteiger partial charge in [-0.2, -0.15) is 0 Å². The van der Waals surface area contributed by atoms with Crippen LogP contribution in [-0.2, 0) is 11.2 Å². The second kappa shape index (κ2) is 5.54. The Balaban J connectivity index is 2.18. The molecule has 0 bridgehead atoms. The van der Waals surface area contributed by atoms with Gasteiger partial charge in [-0.05, 0) is 5.56 Å². The van der Waals surface area contributed by atoms with Crippen molar-refractivity contribution in [1.82, 2.24) is 0 Å². The standard InChI is InChI=1S/C13H18O6/c14-7-13(18,6-8-4-2-1-3-5-8)11-9(15)10(16)12(17)19-11/h1-5,9-12,14-18H,6-7H2/t9-,10-,11+,12?,13-/m1/s1. The molecule has 1 aromatic carbocycles. The largest absolute Gasteiger partial charge is 0.393 e. The molecule has 5 atom stereocenters. The van der Waals surface area contributed by atoms with Gasteiger partial charge in [-0.3, -0.25) is 0 Å². The Hall–Kier alpha value is -1.02. The summed E-state index contributed by atoms with van der Waals surface area (Å²) < 4.78 is 4.96. The maximum Gasteiger partial charge on any atom is 0.184 e. The predicted molar refractivity (Wildman–Crippen MR) is 65.1 cm³/mol. The molecule has 0 saturated carbocycles. The molecule has 1 aliphatic rings. The summed E-state index contributed by atoms with van der Waals surface area (Å²) in [5, 5.41) is 48.4. The van der Waals surface area contributed by atoms with Gasteiger partial charge < -0.3 is 30.3 Å². The fraction of sp³-hybridized carbons (Fsp3) is 0.538. The van der Waals surface area contributed by atoms with Crippen molar-refractivity contribution in [3.8, 4) is 0 Å². The number of ether oxygens (including phenoxy) is 1. The molecule has 0 spiro atoms. The minimum absolute atomic E-state index is 0.0332. The van der Waals surface area contributed by atoms with E-state index in [1.807, 2.05) is 6.07 Å². The van der Waals surface area contributed by atoms with Crippen LogP contribution in [0.15, 0.2) is 30.3 Å². The molecule has 0 aromatic heterocycles. The molecule has 0 aliphatic carbocycles. The van der Waals surface area contributed by atoms with E-state index in [9.17, 15) is 25.5 Å². The zero-order valence-electron chi connectivity index (χ0n) is 10.3. The number of hydrogen-bond acceptors (Lipinski definition) is 6. The van der Waals surface area contributed by atoms with Gasteiger partial charge in [0.1, 0.15) is 23.9 Å². The van der Waals surface area contributed by atoms with E-state index in [0.29, 0.717) is 0 Å². The quantitative estimate of drug-likeness (QED) is 0.450. The molecular weight excluding hydrogens is 252 g/mol. The van der Waals surface area contributed by atoms with Crippen molar-refractivity contribution in [2.75, 3.05) is 6.61 Å². The Morgan fingerprint density at radius 1 is 1.05 bits per heavy atom. The number of benzene rings is 1. The predicted octanol–water partition coefficient (Wildman–Crippen LogP) is -1.61. The third kappa shape index (κ3) is 2.79. The third-order valence-corrected chi connectivity index (χ3v) is 3.39. The topological polar surface area (TPSA) is 110 Å². The summed E-state index contributed by atoms with van der Waals surface area (Å²) in [6.07, 6.45) is -5.77. The number of hydrogen-bond donors (Lipinski definition) is 5. The SMILES string of the molecule is OC[C@](O)(Cc1ccccc1)[C@H]1OC(O)[C@H](O)[C@H]1O. The lowest BCUT2D eigenvalue weighted by molar-refractivity contribution is -0.185. The van der Waals surface area contributed by atoms with E-state index in [1.165, 1.54) is 0 Å². The first-order valence-corrected chi connectivity index (χ1v) is 6.05. The monoisotopic (exact) mass is 270 g/mol. The minimum atomic E-state index is -1.78. The third-order valence-electron chi connectivity index (χ3n) is 3.39. The molecule has 6 heteroatoms. The van der Waals surface area contributed by atoms with Gasteiger partial charge in [-0.25, -0.2) is 0 Å². The zero-order chi connectivity index (χ0) is 14.0. The number of aliphatic hydroxyl groups is 5. The summed E-state index contributed by atoms with van der Waals surface area (Å²) in [5.41, 5.74) is -1.04. The fourth-order valence-corrected chi connectivity index (χ4v) is 2.30. The van der Waals surface area contributed by atoms with Crippen molar-refractivity contribution in [3.63, 3.8) is 0 Å². The van der Waals surface area contributed by atoms with Crippen LogP contribution in [-0.4, -0.2) is 62.3 Å². The van der Waals surface area contributed by atoms with Crippen molar-refractivity contribution < 1.29 is 30.3 Å². The van der Waals surface area contributed by atoms with Crippen LogP contribution in [0.4, 0.5) is 0 Å². The first kappa shape index (κ1) is 14.4. The Labute approximate surface area is 110 Å². The van der Waals surface area contributed by atoms with E-state index in [1.54, 1.807) is 24.3 Å². The smallest absolute Gasteiger partial charge is 0.184 e. The number of aliphatic hydroxyl groups excluding tert-OH is 4. The molecule has 6 nitrogen and oxygen atoms in total. The molecule has 2 rings (SSSR count). The van der Waals surface area contributed by atoms with Gasteiger partial charge in [0.2, 0.25) is 0 Å². The van der Waals surface area contributed by atoms with Gasteiger partial charge >= 0.3 is 0 Å². The zero-order valence-corrected chi connectivity index (χ0v) is 10.3. The van der Waals surface area contributed by atoms with Crippen LogP contribution in [0.25, 0.3) is 0 Å². The lowest BCUT2D eigenvalue weighted by Gasteiger charge is -2.33. The van der Waals surface area contributed by atoms with Crippen molar-refractivity contribution >= 4 is 0 Å². The normalized spacial score (nSPS) is 34.2. The number of rotatable bonds is 4. The van der Waals surface area contributed by atoms with Gasteiger partial charge in [0.15, 0.2) is 6.29 Å². The van der Waals surface area contributed by atoms with Crippen molar-refractivity contribution in [1.29, 1.82) is 0 Å². The maximum atomic E-state index is 10.4. The first-order valence-electron chi connectivity index (χ1n) is 6.05. The van der Waals surface area contributed by atoms with Gasteiger partial charge in [0, 0.05) is 6.42 Å². The summed E-state index contributed by atoms with van der Waals surface area (Å²) in [6, 6.07) is 8.89. The molecule has 0 amide bonds.